The highest BCUT2D eigenvalue weighted by Crippen LogP contribution is 2.13. The first-order valence-corrected chi connectivity index (χ1v) is 8.99. The number of piperidine rings is 1. The highest BCUT2D eigenvalue weighted by Gasteiger charge is 2.28. The van der Waals surface area contributed by atoms with Crippen LogP contribution in [0, 0.1) is 0 Å². The summed E-state index contributed by atoms with van der Waals surface area (Å²) >= 11 is 0. The minimum Gasteiger partial charge on any atom is -0.383 e. The normalized spacial score (nSPS) is 26.4. The van der Waals surface area contributed by atoms with E-state index in [1.165, 1.54) is 6.92 Å². The number of likely N-dealkylation sites (tertiary alicyclic amines) is 1. The summed E-state index contributed by atoms with van der Waals surface area (Å²) in [7, 11) is 1.73. The maximum Gasteiger partial charge on any atom is 0.236 e. The molecule has 2 saturated heterocycles. The molecule has 7 heteroatoms. The molecule has 0 aromatic carbocycles. The summed E-state index contributed by atoms with van der Waals surface area (Å²) in [5.74, 6) is 0.165. The Morgan fingerprint density at radius 2 is 2.00 bits per heavy atom. The minimum atomic E-state index is -0.0182. The smallest absolute Gasteiger partial charge is 0.236 e. The molecule has 0 spiro atoms. The van der Waals surface area contributed by atoms with Crippen molar-refractivity contribution in [2.24, 2.45) is 0 Å². The molecule has 2 rings (SSSR count). The largest absolute Gasteiger partial charge is 0.383 e. The molecule has 0 radical (unpaired) electrons. The van der Waals surface area contributed by atoms with Crippen molar-refractivity contribution < 1.29 is 14.3 Å². The molecule has 2 heterocycles. The molecule has 0 aromatic heterocycles. The summed E-state index contributed by atoms with van der Waals surface area (Å²) in [5, 5.41) is 2.94. The Morgan fingerprint density at radius 1 is 1.21 bits per heavy atom. The average molecular weight is 340 g/mol. The van der Waals surface area contributed by atoms with Crippen LogP contribution < -0.4 is 5.32 Å². The molecule has 0 aromatic rings. The fourth-order valence-corrected chi connectivity index (χ4v) is 3.66. The first kappa shape index (κ1) is 19.1. The number of rotatable bonds is 6. The van der Waals surface area contributed by atoms with E-state index in [4.69, 9.17) is 4.74 Å². The fourth-order valence-electron chi connectivity index (χ4n) is 3.66. The predicted molar refractivity (Wildman–Crippen MR) is 92.8 cm³/mol. The Morgan fingerprint density at radius 3 is 2.67 bits per heavy atom. The van der Waals surface area contributed by atoms with Crippen molar-refractivity contribution in [3.8, 4) is 0 Å². The second-order valence-electron chi connectivity index (χ2n) is 6.99. The van der Waals surface area contributed by atoms with Crippen LogP contribution in [0.3, 0.4) is 0 Å². The Bertz CT molecular complexity index is 432. The molecule has 2 atom stereocenters. The monoisotopic (exact) mass is 340 g/mol. The zero-order chi connectivity index (χ0) is 17.5. The second-order valence-corrected chi connectivity index (χ2v) is 6.99. The van der Waals surface area contributed by atoms with Gasteiger partial charge in [-0.05, 0) is 19.8 Å². The van der Waals surface area contributed by atoms with Gasteiger partial charge in [-0.25, -0.2) is 0 Å². The number of carbonyl (C=O) groups is 2. The second kappa shape index (κ2) is 9.34. The number of methoxy groups -OCH3 is 1. The molecular formula is C17H32N4O3. The number of nitrogens with zero attached hydrogens (tertiary/aromatic N) is 3. The maximum absolute atomic E-state index is 12.6. The van der Waals surface area contributed by atoms with Gasteiger partial charge in [-0.1, -0.05) is 0 Å². The summed E-state index contributed by atoms with van der Waals surface area (Å²) in [6.07, 6.45) is 1.91. The van der Waals surface area contributed by atoms with Crippen LogP contribution >= 0.6 is 0 Å². The zero-order valence-corrected chi connectivity index (χ0v) is 15.3. The van der Waals surface area contributed by atoms with Gasteiger partial charge in [0.15, 0.2) is 0 Å². The minimum absolute atomic E-state index is 0.0182. The van der Waals surface area contributed by atoms with Crippen LogP contribution in [0.25, 0.3) is 0 Å². The standard InChI is InChI=1S/C17H32N4O3/c1-14-11-19(7-8-20(14)9-10-24-3)13-17(23)21-6-4-5-16(12-21)18-15(2)22/h14,16H,4-13H2,1-3H3,(H,18,22)/t14-,16-/m1/s1. The van der Waals surface area contributed by atoms with Crippen LogP contribution in [0.15, 0.2) is 0 Å². The Kier molecular flexibility index (Phi) is 7.45. The SMILES string of the molecule is COCCN1CCN(CC(=O)N2CCC[C@@H](NC(C)=O)C2)C[C@H]1C. The van der Waals surface area contributed by atoms with E-state index in [9.17, 15) is 9.59 Å². The number of hydrogen-bond acceptors (Lipinski definition) is 5. The first-order valence-electron chi connectivity index (χ1n) is 8.99. The highest BCUT2D eigenvalue weighted by molar-refractivity contribution is 5.78. The van der Waals surface area contributed by atoms with Crippen molar-refractivity contribution in [2.45, 2.75) is 38.8 Å². The van der Waals surface area contributed by atoms with E-state index in [1.54, 1.807) is 7.11 Å². The number of nitrogens with one attached hydrogen (secondary N) is 1. The lowest BCUT2D eigenvalue weighted by atomic mass is 10.1. The number of amides is 2. The van der Waals surface area contributed by atoms with Gasteiger partial charge in [-0.3, -0.25) is 19.4 Å². The molecule has 2 fully saturated rings. The van der Waals surface area contributed by atoms with Gasteiger partial charge in [-0.2, -0.15) is 0 Å². The van der Waals surface area contributed by atoms with E-state index in [1.807, 2.05) is 4.90 Å². The number of carbonyl (C=O) groups excluding carboxylic acids is 2. The highest BCUT2D eigenvalue weighted by atomic mass is 16.5. The summed E-state index contributed by atoms with van der Waals surface area (Å²) in [6.45, 7) is 10.2. The maximum atomic E-state index is 12.6. The van der Waals surface area contributed by atoms with Gasteiger partial charge >= 0.3 is 0 Å². The lowest BCUT2D eigenvalue weighted by molar-refractivity contribution is -0.135. The molecule has 2 aliphatic rings. The summed E-state index contributed by atoms with van der Waals surface area (Å²) < 4.78 is 5.16. The quantitative estimate of drug-likeness (QED) is 0.723. The van der Waals surface area contributed by atoms with Crippen LogP contribution in [0.1, 0.15) is 26.7 Å². The molecule has 24 heavy (non-hydrogen) atoms. The van der Waals surface area contributed by atoms with Gasteiger partial charge in [-0.15, -0.1) is 0 Å². The Labute approximate surface area is 145 Å². The summed E-state index contributed by atoms with van der Waals surface area (Å²) in [6, 6.07) is 0.542. The van der Waals surface area contributed by atoms with E-state index in [0.29, 0.717) is 19.1 Å². The molecule has 0 aliphatic carbocycles. The third-order valence-corrected chi connectivity index (χ3v) is 4.97. The molecular weight excluding hydrogens is 308 g/mol. The predicted octanol–water partition coefficient (Wildman–Crippen LogP) is -0.234. The van der Waals surface area contributed by atoms with Crippen molar-refractivity contribution >= 4 is 11.8 Å². The third-order valence-electron chi connectivity index (χ3n) is 4.97. The molecule has 2 amide bonds. The van der Waals surface area contributed by atoms with E-state index in [0.717, 1.165) is 52.2 Å². The topological polar surface area (TPSA) is 65.1 Å². The van der Waals surface area contributed by atoms with Crippen LogP contribution in [0.2, 0.25) is 0 Å². The molecule has 0 unspecified atom stereocenters. The van der Waals surface area contributed by atoms with Crippen molar-refractivity contribution in [1.29, 1.82) is 0 Å². The summed E-state index contributed by atoms with van der Waals surface area (Å²) in [4.78, 5) is 30.4. The van der Waals surface area contributed by atoms with Crippen molar-refractivity contribution in [3.63, 3.8) is 0 Å². The van der Waals surface area contributed by atoms with E-state index in [-0.39, 0.29) is 17.9 Å². The molecule has 1 N–H and O–H groups in total. The van der Waals surface area contributed by atoms with Crippen LogP contribution in [0.5, 0.6) is 0 Å². The first-order chi connectivity index (χ1) is 11.5. The van der Waals surface area contributed by atoms with E-state index < -0.39 is 0 Å². The lowest BCUT2D eigenvalue weighted by Gasteiger charge is -2.40. The molecule has 138 valence electrons. The molecule has 0 bridgehead atoms. The molecule has 2 aliphatic heterocycles. The summed E-state index contributed by atoms with van der Waals surface area (Å²) in [5.41, 5.74) is 0. The number of ether oxygens (including phenoxy) is 1. The number of piperazine rings is 1. The van der Waals surface area contributed by atoms with Crippen LogP contribution in [-0.2, 0) is 14.3 Å². The lowest BCUT2D eigenvalue weighted by Crippen LogP contribution is -2.56. The van der Waals surface area contributed by atoms with Crippen LogP contribution in [0.4, 0.5) is 0 Å². The van der Waals surface area contributed by atoms with Gasteiger partial charge < -0.3 is 15.0 Å². The van der Waals surface area contributed by atoms with E-state index in [2.05, 4.69) is 22.0 Å². The van der Waals surface area contributed by atoms with Crippen molar-refractivity contribution in [1.82, 2.24) is 20.0 Å². The zero-order valence-electron chi connectivity index (χ0n) is 15.3. The Hall–Kier alpha value is -1.18. The Balaban J connectivity index is 1.77. The third kappa shape index (κ3) is 5.72. The van der Waals surface area contributed by atoms with Gasteiger partial charge in [0.1, 0.15) is 0 Å². The van der Waals surface area contributed by atoms with Crippen molar-refractivity contribution in [2.75, 3.05) is 59.5 Å². The van der Waals surface area contributed by atoms with E-state index >= 15 is 0 Å². The van der Waals surface area contributed by atoms with Crippen LogP contribution in [-0.4, -0.2) is 98.1 Å². The van der Waals surface area contributed by atoms with Gasteiger partial charge in [0, 0.05) is 65.4 Å². The van der Waals surface area contributed by atoms with Crippen molar-refractivity contribution in [3.05, 3.63) is 0 Å². The molecule has 7 nitrogen and oxygen atoms in total. The molecule has 0 saturated carbocycles. The van der Waals surface area contributed by atoms with Gasteiger partial charge in [0.05, 0.1) is 13.2 Å². The average Bonchev–Trinajstić information content (AvgIpc) is 2.54. The van der Waals surface area contributed by atoms with Gasteiger partial charge in [0.25, 0.3) is 0 Å². The number of hydrogen-bond donors (Lipinski definition) is 1. The van der Waals surface area contributed by atoms with Gasteiger partial charge in [0.2, 0.25) is 11.8 Å². The fraction of sp³-hybridized carbons (Fsp3) is 0.882.